The Kier molecular flexibility index (Phi) is 19.5. The number of aromatic nitrogens is 2. The summed E-state index contributed by atoms with van der Waals surface area (Å²) in [6.07, 6.45) is -1.44. The van der Waals surface area contributed by atoms with Crippen molar-refractivity contribution in [1.29, 1.82) is 0 Å². The maximum Gasteiger partial charge on any atom is 0.413 e. The second-order valence-electron chi connectivity index (χ2n) is 13.0. The fraction of sp³-hybridized carbons (Fsp3) is 0.278. The minimum atomic E-state index is -0.736. The van der Waals surface area contributed by atoms with E-state index >= 15 is 0 Å². The quantitative estimate of drug-likeness (QED) is 0.0837. The standard InChI is InChI=1S/C23H30N6O5.C13H14N6O.2ClH/c1-22(2,3)33-20(31)24-14-18(30)27-19-16(29-28-15-10-8-7-9-11-15)12-13-17(25-19)26-21(32)34-23(4,5)6;14-8-12(20)17-13-10(6-7-11(15)16-13)19-18-9-4-2-1-3-5-9;;/h7-13H,14H2,1-6H3,(H,24,31)(H2,25,26,27,30,32);1-7H,8,14H2,(H3,15,16,17,20);2*1H. The third-order valence-electron chi connectivity index (χ3n) is 5.95. The molecule has 0 fully saturated rings. The number of nitrogens with two attached hydrogens (primary N) is 2. The van der Waals surface area contributed by atoms with Gasteiger partial charge in [0.15, 0.2) is 11.6 Å². The van der Waals surface area contributed by atoms with Gasteiger partial charge < -0.3 is 36.9 Å². The van der Waals surface area contributed by atoms with Crippen molar-refractivity contribution in [2.24, 2.45) is 26.2 Å². The van der Waals surface area contributed by atoms with Gasteiger partial charge in [-0.2, -0.15) is 10.2 Å². The number of amides is 4. The summed E-state index contributed by atoms with van der Waals surface area (Å²) in [5.74, 6) is -0.285. The van der Waals surface area contributed by atoms with Crippen LogP contribution in [0.25, 0.3) is 0 Å². The number of alkyl carbamates (subject to hydrolysis) is 1. The number of nitrogens with zero attached hydrogens (tertiary/aromatic N) is 6. The van der Waals surface area contributed by atoms with Gasteiger partial charge in [-0.3, -0.25) is 14.9 Å². The molecule has 56 heavy (non-hydrogen) atoms. The van der Waals surface area contributed by atoms with Crippen molar-refractivity contribution < 1.29 is 28.7 Å². The number of carbonyl (C=O) groups excluding carboxylic acids is 4. The van der Waals surface area contributed by atoms with Gasteiger partial charge in [0, 0.05) is 0 Å². The summed E-state index contributed by atoms with van der Waals surface area (Å²) in [6, 6.07) is 24.4. The number of pyridine rings is 2. The van der Waals surface area contributed by atoms with Crippen molar-refractivity contribution in [2.75, 3.05) is 34.8 Å². The number of rotatable bonds is 10. The lowest BCUT2D eigenvalue weighted by atomic mass is 10.2. The van der Waals surface area contributed by atoms with Crippen LogP contribution in [0.1, 0.15) is 41.5 Å². The van der Waals surface area contributed by atoms with Crippen LogP contribution in [-0.2, 0) is 19.1 Å². The number of ether oxygens (including phenoxy) is 2. The first-order valence-corrected chi connectivity index (χ1v) is 16.5. The van der Waals surface area contributed by atoms with Crippen LogP contribution in [0.5, 0.6) is 0 Å². The van der Waals surface area contributed by atoms with Crippen molar-refractivity contribution in [3.8, 4) is 0 Å². The second-order valence-corrected chi connectivity index (χ2v) is 13.0. The zero-order valence-corrected chi connectivity index (χ0v) is 33.2. The normalized spacial score (nSPS) is 10.8. The molecule has 4 amide bonds. The third-order valence-corrected chi connectivity index (χ3v) is 5.95. The number of halogens is 2. The van der Waals surface area contributed by atoms with Gasteiger partial charge in [0.2, 0.25) is 11.8 Å². The van der Waals surface area contributed by atoms with E-state index in [0.717, 1.165) is 0 Å². The second kappa shape index (κ2) is 22.9. The molecular weight excluding hydrogens is 767 g/mol. The molecular formula is C36H46Cl2N12O6. The Morgan fingerprint density at radius 2 is 1.07 bits per heavy atom. The number of azo groups is 2. The van der Waals surface area contributed by atoms with Crippen LogP contribution >= 0.6 is 24.8 Å². The molecule has 2 heterocycles. The largest absolute Gasteiger partial charge is 0.444 e. The average Bonchev–Trinajstić information content (AvgIpc) is 3.09. The predicted molar refractivity (Wildman–Crippen MR) is 219 cm³/mol. The Balaban J connectivity index is 0.000000609. The van der Waals surface area contributed by atoms with E-state index in [9.17, 15) is 19.2 Å². The molecule has 4 aromatic rings. The molecule has 8 N–H and O–H groups in total. The van der Waals surface area contributed by atoms with Gasteiger partial charge in [-0.15, -0.1) is 35.0 Å². The number of benzene rings is 2. The van der Waals surface area contributed by atoms with Crippen LogP contribution in [-0.4, -0.2) is 58.3 Å². The molecule has 2 aromatic carbocycles. The molecule has 0 aliphatic heterocycles. The van der Waals surface area contributed by atoms with Crippen molar-refractivity contribution in [3.63, 3.8) is 0 Å². The molecule has 0 spiro atoms. The molecule has 0 saturated carbocycles. The van der Waals surface area contributed by atoms with E-state index in [-0.39, 0.29) is 72.8 Å². The summed E-state index contributed by atoms with van der Waals surface area (Å²) in [4.78, 5) is 55.9. The van der Waals surface area contributed by atoms with E-state index in [4.69, 9.17) is 20.9 Å². The summed E-state index contributed by atoms with van der Waals surface area (Å²) in [5.41, 5.74) is 11.4. The Labute approximate surface area is 336 Å². The predicted octanol–water partition coefficient (Wildman–Crippen LogP) is 8.13. The van der Waals surface area contributed by atoms with Gasteiger partial charge in [-0.25, -0.2) is 19.6 Å². The minimum Gasteiger partial charge on any atom is -0.444 e. The number of hydrogen-bond acceptors (Lipinski definition) is 14. The van der Waals surface area contributed by atoms with Crippen molar-refractivity contribution >= 4 is 94.8 Å². The van der Waals surface area contributed by atoms with Crippen LogP contribution < -0.4 is 32.7 Å². The molecule has 0 atom stereocenters. The van der Waals surface area contributed by atoms with Crippen LogP contribution in [0.2, 0.25) is 0 Å². The molecule has 0 aliphatic carbocycles. The number of carbonyl (C=O) groups is 4. The maximum atomic E-state index is 12.4. The molecule has 0 bridgehead atoms. The maximum absolute atomic E-state index is 12.4. The van der Waals surface area contributed by atoms with Crippen molar-refractivity contribution in [2.45, 2.75) is 52.7 Å². The zero-order chi connectivity index (χ0) is 39.7. The van der Waals surface area contributed by atoms with E-state index in [1.807, 2.05) is 48.5 Å². The van der Waals surface area contributed by atoms with Gasteiger partial charge in [-0.05, 0) is 90.1 Å². The summed E-state index contributed by atoms with van der Waals surface area (Å²) in [7, 11) is 0. The van der Waals surface area contributed by atoms with Crippen molar-refractivity contribution in [1.82, 2.24) is 15.3 Å². The van der Waals surface area contributed by atoms with Crippen LogP contribution in [0.15, 0.2) is 105 Å². The molecule has 0 saturated heterocycles. The average molecular weight is 814 g/mol. The van der Waals surface area contributed by atoms with E-state index in [1.54, 1.807) is 65.8 Å². The number of anilines is 4. The Morgan fingerprint density at radius 1 is 0.607 bits per heavy atom. The smallest absolute Gasteiger partial charge is 0.413 e. The summed E-state index contributed by atoms with van der Waals surface area (Å²) in [5, 5.41) is 26.3. The fourth-order valence-corrected chi connectivity index (χ4v) is 3.78. The van der Waals surface area contributed by atoms with E-state index in [2.05, 4.69) is 51.7 Å². The summed E-state index contributed by atoms with van der Waals surface area (Å²) >= 11 is 0. The molecule has 18 nitrogen and oxygen atoms in total. The van der Waals surface area contributed by atoms with Gasteiger partial charge >= 0.3 is 12.2 Å². The molecule has 0 radical (unpaired) electrons. The lowest BCUT2D eigenvalue weighted by molar-refractivity contribution is -0.116. The zero-order valence-electron chi connectivity index (χ0n) is 31.6. The Hall–Kier alpha value is -6.24. The molecule has 300 valence electrons. The Bertz CT molecular complexity index is 1960. The van der Waals surface area contributed by atoms with Crippen LogP contribution in [0.3, 0.4) is 0 Å². The van der Waals surface area contributed by atoms with Gasteiger partial charge in [0.1, 0.15) is 40.8 Å². The van der Waals surface area contributed by atoms with Gasteiger partial charge in [-0.1, -0.05) is 36.4 Å². The Morgan fingerprint density at radius 3 is 1.57 bits per heavy atom. The van der Waals surface area contributed by atoms with Crippen molar-refractivity contribution in [3.05, 3.63) is 84.9 Å². The number of nitrogens with one attached hydrogen (secondary N) is 4. The van der Waals surface area contributed by atoms with Gasteiger partial charge in [0.05, 0.1) is 17.9 Å². The van der Waals surface area contributed by atoms with E-state index < -0.39 is 29.3 Å². The highest BCUT2D eigenvalue weighted by Gasteiger charge is 2.19. The lowest BCUT2D eigenvalue weighted by Gasteiger charge is -2.20. The number of hydrogen-bond donors (Lipinski definition) is 6. The van der Waals surface area contributed by atoms with E-state index in [0.29, 0.717) is 17.1 Å². The number of nitrogen functional groups attached to an aromatic ring is 1. The molecule has 0 unspecified atom stereocenters. The molecule has 2 aromatic heterocycles. The summed E-state index contributed by atoms with van der Waals surface area (Å²) in [6.45, 7) is 9.82. The highest BCUT2D eigenvalue weighted by molar-refractivity contribution is 5.96. The highest BCUT2D eigenvalue weighted by Crippen LogP contribution is 2.28. The first-order chi connectivity index (χ1) is 25.5. The third kappa shape index (κ3) is 18.7. The monoisotopic (exact) mass is 812 g/mol. The van der Waals surface area contributed by atoms with Gasteiger partial charge in [0.25, 0.3) is 0 Å². The summed E-state index contributed by atoms with van der Waals surface area (Å²) < 4.78 is 10.3. The topological polar surface area (TPSA) is 262 Å². The first-order valence-electron chi connectivity index (χ1n) is 16.5. The highest BCUT2D eigenvalue weighted by atomic mass is 35.5. The fourth-order valence-electron chi connectivity index (χ4n) is 3.78. The van der Waals surface area contributed by atoms with Crippen LogP contribution in [0.4, 0.5) is 55.6 Å². The van der Waals surface area contributed by atoms with Crippen LogP contribution in [0, 0.1) is 0 Å². The molecule has 4 rings (SSSR count). The lowest BCUT2D eigenvalue weighted by Crippen LogP contribution is -2.37. The molecule has 20 heteroatoms. The first kappa shape index (κ1) is 47.8. The molecule has 0 aliphatic rings. The van der Waals surface area contributed by atoms with E-state index in [1.165, 1.54) is 12.1 Å². The minimum absolute atomic E-state index is 0. The SMILES string of the molecule is CC(C)(C)OC(=O)NCC(=O)Nc1nc(NC(=O)OC(C)(C)C)ccc1N=Nc1ccccc1.Cl.Cl.NCC(=O)Nc1nc(N)ccc1N=Nc1ccccc1.